The first-order valence-corrected chi connectivity index (χ1v) is 6.20. The minimum Gasteiger partial charge on any atom is -0.0841 e. The number of rotatable bonds is 2. The fourth-order valence-electron chi connectivity index (χ4n) is 1.42. The van der Waals surface area contributed by atoms with Crippen LogP contribution in [-0.2, 0) is 6.42 Å². The van der Waals surface area contributed by atoms with Gasteiger partial charge in [-0.15, -0.1) is 0 Å². The number of aryl methyl sites for hydroxylation is 2. The average molecular weight is 306 g/mol. The van der Waals surface area contributed by atoms with E-state index in [9.17, 15) is 0 Å². The molecule has 0 nitrogen and oxygen atoms in total. The van der Waals surface area contributed by atoms with E-state index in [1.807, 2.05) is 0 Å². The first kappa shape index (κ1) is 11.3. The molecule has 0 spiro atoms. The molecule has 0 aliphatic rings. The summed E-state index contributed by atoms with van der Waals surface area (Å²) in [4.78, 5) is 0.409. The molecule has 0 aliphatic heterocycles. The molecule has 1 unspecified atom stereocenters. The van der Waals surface area contributed by atoms with E-state index in [2.05, 4.69) is 64.8 Å². The van der Waals surface area contributed by atoms with Crippen LogP contribution in [0, 0.1) is 6.92 Å². The Morgan fingerprint density at radius 3 is 2.46 bits per heavy atom. The minimum absolute atomic E-state index is 0.409. The van der Waals surface area contributed by atoms with Gasteiger partial charge in [-0.05, 0) is 31.4 Å². The molecule has 0 fully saturated rings. The van der Waals surface area contributed by atoms with Gasteiger partial charge in [0.15, 0.2) is 0 Å². The molecular formula is C11H14Br2. The van der Waals surface area contributed by atoms with Crippen molar-refractivity contribution in [2.24, 2.45) is 0 Å². The molecule has 1 aromatic rings. The van der Waals surface area contributed by atoms with Gasteiger partial charge in [-0.3, -0.25) is 0 Å². The summed E-state index contributed by atoms with van der Waals surface area (Å²) in [7, 11) is 0. The highest BCUT2D eigenvalue weighted by Gasteiger charge is 2.09. The first-order valence-electron chi connectivity index (χ1n) is 4.49. The number of halogens is 2. The lowest BCUT2D eigenvalue weighted by atomic mass is 10.0. The monoisotopic (exact) mass is 304 g/mol. The van der Waals surface area contributed by atoms with E-state index in [1.165, 1.54) is 21.2 Å². The van der Waals surface area contributed by atoms with Crippen LogP contribution in [0.15, 0.2) is 16.6 Å². The van der Waals surface area contributed by atoms with Gasteiger partial charge in [-0.1, -0.05) is 56.5 Å². The Balaban J connectivity index is 3.27. The molecular weight excluding hydrogens is 292 g/mol. The first-order chi connectivity index (χ1) is 6.06. The summed E-state index contributed by atoms with van der Waals surface area (Å²) in [6.45, 7) is 6.48. The Labute approximate surface area is 97.0 Å². The highest BCUT2D eigenvalue weighted by Crippen LogP contribution is 2.32. The van der Waals surface area contributed by atoms with Gasteiger partial charge in [0.05, 0.1) is 0 Å². The predicted octanol–water partition coefficient (Wildman–Crippen LogP) is 4.78. The zero-order chi connectivity index (χ0) is 10.0. The van der Waals surface area contributed by atoms with E-state index >= 15 is 0 Å². The fourth-order valence-corrected chi connectivity index (χ4v) is 2.94. The number of benzene rings is 1. The third-order valence-corrected chi connectivity index (χ3v) is 3.59. The second-order valence-corrected chi connectivity index (χ2v) is 5.46. The summed E-state index contributed by atoms with van der Waals surface area (Å²) in [6.07, 6.45) is 1.08. The lowest BCUT2D eigenvalue weighted by Gasteiger charge is -2.12. The Morgan fingerprint density at radius 2 is 2.00 bits per heavy atom. The molecule has 72 valence electrons. The highest BCUT2D eigenvalue weighted by atomic mass is 79.9. The van der Waals surface area contributed by atoms with Crippen LogP contribution in [-0.4, -0.2) is 0 Å². The molecule has 0 bridgehead atoms. The third-order valence-electron chi connectivity index (χ3n) is 2.13. The van der Waals surface area contributed by atoms with Gasteiger partial charge < -0.3 is 0 Å². The summed E-state index contributed by atoms with van der Waals surface area (Å²) in [5.41, 5.74) is 4.07. The van der Waals surface area contributed by atoms with Gasteiger partial charge in [0.25, 0.3) is 0 Å². The fraction of sp³-hybridized carbons (Fsp3) is 0.455. The van der Waals surface area contributed by atoms with E-state index in [0.717, 1.165) is 6.42 Å². The molecule has 1 atom stereocenters. The molecule has 2 heteroatoms. The molecule has 0 aromatic heterocycles. The number of hydrogen-bond donors (Lipinski definition) is 0. The zero-order valence-electron chi connectivity index (χ0n) is 8.20. The second-order valence-electron chi connectivity index (χ2n) is 3.30. The van der Waals surface area contributed by atoms with Gasteiger partial charge >= 0.3 is 0 Å². The van der Waals surface area contributed by atoms with Crippen molar-refractivity contribution in [1.29, 1.82) is 0 Å². The van der Waals surface area contributed by atoms with Gasteiger partial charge in [0.1, 0.15) is 0 Å². The van der Waals surface area contributed by atoms with E-state index in [0.29, 0.717) is 4.83 Å². The van der Waals surface area contributed by atoms with Crippen LogP contribution in [0.3, 0.4) is 0 Å². The minimum atomic E-state index is 0.409. The van der Waals surface area contributed by atoms with E-state index in [4.69, 9.17) is 0 Å². The maximum Gasteiger partial charge on any atom is 0.0378 e. The molecule has 0 saturated heterocycles. The van der Waals surface area contributed by atoms with Crippen LogP contribution in [0.5, 0.6) is 0 Å². The van der Waals surface area contributed by atoms with Crippen LogP contribution in [0.1, 0.15) is 35.4 Å². The SMILES string of the molecule is CCc1cc(C)cc(C(C)Br)c1Br. The Kier molecular flexibility index (Phi) is 3.99. The molecule has 0 amide bonds. The summed E-state index contributed by atoms with van der Waals surface area (Å²) in [6, 6.07) is 4.46. The van der Waals surface area contributed by atoms with Crippen LogP contribution in [0.2, 0.25) is 0 Å². The van der Waals surface area contributed by atoms with Crippen molar-refractivity contribution in [2.45, 2.75) is 32.0 Å². The molecule has 1 aromatic carbocycles. The van der Waals surface area contributed by atoms with Crippen molar-refractivity contribution < 1.29 is 0 Å². The Hall–Kier alpha value is 0.180. The topological polar surface area (TPSA) is 0 Å². The van der Waals surface area contributed by atoms with Crippen molar-refractivity contribution in [1.82, 2.24) is 0 Å². The molecule has 0 saturated carbocycles. The van der Waals surface area contributed by atoms with Gasteiger partial charge in [0.2, 0.25) is 0 Å². The molecule has 0 aliphatic carbocycles. The summed E-state index contributed by atoms with van der Waals surface area (Å²) >= 11 is 7.25. The quantitative estimate of drug-likeness (QED) is 0.690. The highest BCUT2D eigenvalue weighted by molar-refractivity contribution is 9.11. The molecule has 13 heavy (non-hydrogen) atoms. The summed E-state index contributed by atoms with van der Waals surface area (Å²) in [5.74, 6) is 0. The Morgan fingerprint density at radius 1 is 1.38 bits per heavy atom. The van der Waals surface area contributed by atoms with Crippen LogP contribution >= 0.6 is 31.9 Å². The molecule has 0 radical (unpaired) electrons. The molecule has 0 N–H and O–H groups in total. The van der Waals surface area contributed by atoms with Gasteiger partial charge in [0, 0.05) is 9.30 Å². The van der Waals surface area contributed by atoms with Crippen LogP contribution in [0.4, 0.5) is 0 Å². The Bertz CT molecular complexity index is 303. The lowest BCUT2D eigenvalue weighted by Crippen LogP contribution is -1.93. The number of alkyl halides is 1. The number of hydrogen-bond acceptors (Lipinski definition) is 0. The predicted molar refractivity (Wildman–Crippen MR) is 65.6 cm³/mol. The van der Waals surface area contributed by atoms with Crippen molar-refractivity contribution in [2.75, 3.05) is 0 Å². The van der Waals surface area contributed by atoms with Crippen LogP contribution < -0.4 is 0 Å². The zero-order valence-corrected chi connectivity index (χ0v) is 11.4. The maximum absolute atomic E-state index is 3.65. The van der Waals surface area contributed by atoms with Crippen molar-refractivity contribution in [3.05, 3.63) is 33.3 Å². The van der Waals surface area contributed by atoms with Gasteiger partial charge in [-0.25, -0.2) is 0 Å². The summed E-state index contributed by atoms with van der Waals surface area (Å²) < 4.78 is 1.25. The van der Waals surface area contributed by atoms with E-state index < -0.39 is 0 Å². The molecule has 1 rings (SSSR count). The van der Waals surface area contributed by atoms with Gasteiger partial charge in [-0.2, -0.15) is 0 Å². The van der Waals surface area contributed by atoms with Crippen LogP contribution in [0.25, 0.3) is 0 Å². The summed E-state index contributed by atoms with van der Waals surface area (Å²) in [5, 5.41) is 0. The average Bonchev–Trinajstić information content (AvgIpc) is 2.08. The smallest absolute Gasteiger partial charge is 0.0378 e. The second kappa shape index (κ2) is 4.61. The molecule has 0 heterocycles. The van der Waals surface area contributed by atoms with Crippen molar-refractivity contribution in [3.63, 3.8) is 0 Å². The standard InChI is InChI=1S/C11H14Br2/c1-4-9-5-7(2)6-10(8(3)12)11(9)13/h5-6,8H,4H2,1-3H3. The third kappa shape index (κ3) is 2.57. The van der Waals surface area contributed by atoms with Crippen molar-refractivity contribution >= 4 is 31.9 Å². The normalized spacial score (nSPS) is 13.0. The van der Waals surface area contributed by atoms with E-state index in [-0.39, 0.29) is 0 Å². The van der Waals surface area contributed by atoms with E-state index in [1.54, 1.807) is 0 Å². The lowest BCUT2D eigenvalue weighted by molar-refractivity contribution is 1.05. The maximum atomic E-state index is 3.65. The largest absolute Gasteiger partial charge is 0.0841 e. The van der Waals surface area contributed by atoms with Crippen molar-refractivity contribution in [3.8, 4) is 0 Å².